The Kier molecular flexibility index (Phi) is 5.70. The summed E-state index contributed by atoms with van der Waals surface area (Å²) in [7, 11) is 0. The lowest BCUT2D eigenvalue weighted by Gasteiger charge is -2.44. The van der Waals surface area contributed by atoms with Crippen molar-refractivity contribution in [3.8, 4) is 0 Å². The normalized spacial score (nSPS) is 19.1. The molecule has 0 aliphatic carbocycles. The van der Waals surface area contributed by atoms with Gasteiger partial charge in [-0.3, -0.25) is 19.7 Å². The summed E-state index contributed by atoms with van der Waals surface area (Å²) in [5, 5.41) is 11.0. The van der Waals surface area contributed by atoms with Crippen LogP contribution in [0.2, 0.25) is 0 Å². The number of nitro groups is 1. The number of hydrogen-bond acceptors (Lipinski definition) is 5. The van der Waals surface area contributed by atoms with Gasteiger partial charge < -0.3 is 9.80 Å². The molecule has 8 heteroatoms. The minimum atomic E-state index is -0.482. The minimum absolute atomic E-state index is 0.0433. The smallest absolute Gasteiger partial charge is 0.270 e. The summed E-state index contributed by atoms with van der Waals surface area (Å²) in [6.45, 7) is 8.08. The number of rotatable bonds is 3. The molecule has 0 atom stereocenters. The van der Waals surface area contributed by atoms with Crippen molar-refractivity contribution in [2.24, 2.45) is 5.41 Å². The first-order valence-corrected chi connectivity index (χ1v) is 10.6. The van der Waals surface area contributed by atoms with Crippen LogP contribution in [0.1, 0.15) is 50.4 Å². The first-order valence-electron chi connectivity index (χ1n) is 9.59. The molecule has 2 aliphatic rings. The summed E-state index contributed by atoms with van der Waals surface area (Å²) in [4.78, 5) is 39.6. The van der Waals surface area contributed by atoms with Crippen molar-refractivity contribution in [3.63, 3.8) is 0 Å². The Morgan fingerprint density at radius 1 is 1.21 bits per heavy atom. The van der Waals surface area contributed by atoms with Crippen LogP contribution in [-0.2, 0) is 4.79 Å². The zero-order valence-corrected chi connectivity index (χ0v) is 17.5. The highest BCUT2D eigenvalue weighted by Crippen LogP contribution is 2.44. The van der Waals surface area contributed by atoms with Gasteiger partial charge in [-0.25, -0.2) is 0 Å². The van der Waals surface area contributed by atoms with Crippen LogP contribution in [0.5, 0.6) is 0 Å². The van der Waals surface area contributed by atoms with Crippen molar-refractivity contribution in [1.82, 2.24) is 9.80 Å². The number of nitrogens with zero attached hydrogens (tertiary/aromatic N) is 3. The molecule has 1 aromatic carbocycles. The number of carbonyl (C=O) groups is 2. The number of hydrogen-bond donors (Lipinski definition) is 0. The van der Waals surface area contributed by atoms with E-state index in [0.717, 1.165) is 18.6 Å². The number of nitro benzene ring substituents is 1. The lowest BCUT2D eigenvalue weighted by Crippen LogP contribution is -2.53. The van der Waals surface area contributed by atoms with E-state index in [0.29, 0.717) is 31.6 Å². The Labute approximate surface area is 169 Å². The van der Waals surface area contributed by atoms with Crippen molar-refractivity contribution in [2.45, 2.75) is 44.9 Å². The van der Waals surface area contributed by atoms with Crippen LogP contribution in [0.15, 0.2) is 24.3 Å². The van der Waals surface area contributed by atoms with Gasteiger partial charge in [0.25, 0.3) is 11.6 Å². The zero-order valence-electron chi connectivity index (χ0n) is 16.6. The minimum Gasteiger partial charge on any atom is -0.342 e. The van der Waals surface area contributed by atoms with Crippen LogP contribution in [0.25, 0.3) is 0 Å². The van der Waals surface area contributed by atoms with Gasteiger partial charge in [-0.05, 0) is 24.3 Å². The van der Waals surface area contributed by atoms with E-state index in [2.05, 4.69) is 20.8 Å². The zero-order chi connectivity index (χ0) is 20.5. The van der Waals surface area contributed by atoms with E-state index in [-0.39, 0.29) is 27.8 Å². The van der Waals surface area contributed by atoms with E-state index in [9.17, 15) is 19.7 Å². The van der Waals surface area contributed by atoms with Crippen molar-refractivity contribution >= 4 is 29.3 Å². The van der Waals surface area contributed by atoms with Crippen LogP contribution in [0.4, 0.5) is 5.69 Å². The fourth-order valence-electron chi connectivity index (χ4n) is 3.89. The first kappa shape index (κ1) is 20.6. The Hall–Kier alpha value is -2.09. The van der Waals surface area contributed by atoms with E-state index in [4.69, 9.17) is 0 Å². The van der Waals surface area contributed by atoms with E-state index < -0.39 is 4.92 Å². The molecule has 1 spiro atoms. The summed E-state index contributed by atoms with van der Waals surface area (Å²) in [5.74, 6) is 0.849. The summed E-state index contributed by atoms with van der Waals surface area (Å²) < 4.78 is 0. The van der Waals surface area contributed by atoms with Crippen molar-refractivity contribution in [3.05, 3.63) is 39.9 Å². The Morgan fingerprint density at radius 3 is 2.50 bits per heavy atom. The van der Waals surface area contributed by atoms with Gasteiger partial charge in [0.15, 0.2) is 0 Å². The molecular weight excluding hydrogens is 378 g/mol. The molecule has 0 unspecified atom stereocenters. The lowest BCUT2D eigenvalue weighted by molar-refractivity contribution is -0.384. The second-order valence-electron chi connectivity index (χ2n) is 8.68. The monoisotopic (exact) mass is 405 g/mol. The maximum atomic E-state index is 13.1. The summed E-state index contributed by atoms with van der Waals surface area (Å²) >= 11 is 1.77. The number of likely N-dealkylation sites (tertiary alicyclic amines) is 1. The first-order chi connectivity index (χ1) is 13.1. The predicted molar refractivity (Wildman–Crippen MR) is 109 cm³/mol. The van der Waals surface area contributed by atoms with Gasteiger partial charge in [-0.2, -0.15) is 0 Å². The lowest BCUT2D eigenvalue weighted by atomic mass is 9.91. The Bertz CT molecular complexity index is 782. The predicted octanol–water partition coefficient (Wildman–Crippen LogP) is 3.54. The molecule has 2 saturated heterocycles. The molecule has 152 valence electrons. The fraction of sp³-hybridized carbons (Fsp3) is 0.600. The third kappa shape index (κ3) is 4.32. The molecule has 7 nitrogen and oxygen atoms in total. The molecule has 0 radical (unpaired) electrons. The van der Waals surface area contributed by atoms with Gasteiger partial charge in [0.2, 0.25) is 5.91 Å². The van der Waals surface area contributed by atoms with Crippen LogP contribution >= 0.6 is 11.8 Å². The molecule has 0 aromatic heterocycles. The van der Waals surface area contributed by atoms with Crippen molar-refractivity contribution in [1.29, 1.82) is 0 Å². The molecule has 2 amide bonds. The number of piperidine rings is 1. The van der Waals surface area contributed by atoms with Crippen molar-refractivity contribution in [2.75, 3.05) is 25.4 Å². The van der Waals surface area contributed by atoms with Crippen LogP contribution < -0.4 is 0 Å². The number of amides is 2. The highest BCUT2D eigenvalue weighted by atomic mass is 32.2. The highest BCUT2D eigenvalue weighted by molar-refractivity contribution is 8.00. The number of benzene rings is 1. The molecule has 2 fully saturated rings. The van der Waals surface area contributed by atoms with Gasteiger partial charge >= 0.3 is 0 Å². The van der Waals surface area contributed by atoms with Crippen LogP contribution in [0, 0.1) is 15.5 Å². The molecule has 2 heterocycles. The van der Waals surface area contributed by atoms with Crippen molar-refractivity contribution < 1.29 is 14.5 Å². The summed E-state index contributed by atoms with van der Waals surface area (Å²) in [6.07, 6.45) is 1.98. The summed E-state index contributed by atoms with van der Waals surface area (Å²) in [5.41, 5.74) is 0.231. The van der Waals surface area contributed by atoms with Gasteiger partial charge in [0, 0.05) is 49.5 Å². The standard InChI is InChI=1S/C20H27N3O4S/c1-19(2,3)14-17(24)21-9-7-20(8-10-21)22(11-12-28-20)18(25)15-5-4-6-16(13-15)23(26)27/h4-6,13H,7-12,14H2,1-3H3. The van der Waals surface area contributed by atoms with E-state index in [1.54, 1.807) is 23.9 Å². The van der Waals surface area contributed by atoms with Gasteiger partial charge in [-0.15, -0.1) is 11.8 Å². The Balaban J connectivity index is 1.71. The maximum absolute atomic E-state index is 13.1. The topological polar surface area (TPSA) is 83.8 Å². The molecule has 3 rings (SSSR count). The second-order valence-corrected chi connectivity index (χ2v) is 10.1. The van der Waals surface area contributed by atoms with E-state index in [1.165, 1.54) is 12.1 Å². The third-order valence-corrected chi connectivity index (χ3v) is 6.86. The average molecular weight is 406 g/mol. The Morgan fingerprint density at radius 2 is 1.89 bits per heavy atom. The van der Waals surface area contributed by atoms with Crippen LogP contribution in [0.3, 0.4) is 0 Å². The fourth-order valence-corrected chi connectivity index (χ4v) is 5.34. The summed E-state index contributed by atoms with van der Waals surface area (Å²) in [6, 6.07) is 5.93. The molecule has 0 bridgehead atoms. The largest absolute Gasteiger partial charge is 0.342 e. The quantitative estimate of drug-likeness (QED) is 0.567. The molecule has 0 N–H and O–H groups in total. The SMILES string of the molecule is CC(C)(C)CC(=O)N1CCC2(CC1)SCCN2C(=O)c1cccc([N+](=O)[O-])c1. The molecule has 0 saturated carbocycles. The number of thioether (sulfide) groups is 1. The van der Waals surface area contributed by atoms with Crippen LogP contribution in [-0.4, -0.2) is 56.8 Å². The van der Waals surface area contributed by atoms with Gasteiger partial charge in [-0.1, -0.05) is 26.8 Å². The van der Waals surface area contributed by atoms with E-state index >= 15 is 0 Å². The second kappa shape index (κ2) is 7.73. The molecule has 28 heavy (non-hydrogen) atoms. The van der Waals surface area contributed by atoms with Gasteiger partial charge in [0.1, 0.15) is 0 Å². The van der Waals surface area contributed by atoms with E-state index in [1.807, 2.05) is 9.80 Å². The molecular formula is C20H27N3O4S. The van der Waals surface area contributed by atoms with Gasteiger partial charge in [0.05, 0.1) is 9.79 Å². The average Bonchev–Trinajstić information content (AvgIpc) is 3.03. The molecule has 2 aliphatic heterocycles. The third-order valence-electron chi connectivity index (χ3n) is 5.31. The molecule has 1 aromatic rings. The number of carbonyl (C=O) groups excluding carboxylic acids is 2. The number of non-ortho nitro benzene ring substituents is 1. The maximum Gasteiger partial charge on any atom is 0.270 e. The highest BCUT2D eigenvalue weighted by Gasteiger charge is 2.47.